The van der Waals surface area contributed by atoms with Crippen LogP contribution in [0.5, 0.6) is 0 Å². The number of nitrogens with zero attached hydrogens (tertiary/aromatic N) is 1. The van der Waals surface area contributed by atoms with Crippen LogP contribution in [0.15, 0.2) is 52.2 Å². The lowest BCUT2D eigenvalue weighted by molar-refractivity contribution is -0.137. The first-order chi connectivity index (χ1) is 11.5. The number of nitrogens with one attached hydrogen (secondary N) is 2. The predicted octanol–water partition coefficient (Wildman–Crippen LogP) is 0.259. The van der Waals surface area contributed by atoms with Gasteiger partial charge in [0.15, 0.2) is 0 Å². The summed E-state index contributed by atoms with van der Waals surface area (Å²) in [5.41, 5.74) is -0.444. The van der Waals surface area contributed by atoms with Gasteiger partial charge in [0, 0.05) is 18.7 Å². The number of H-pyrrole nitrogens is 1. The van der Waals surface area contributed by atoms with E-state index in [1.54, 1.807) is 24.3 Å². The van der Waals surface area contributed by atoms with Crippen molar-refractivity contribution in [2.75, 3.05) is 0 Å². The molecule has 0 aliphatic heterocycles. The van der Waals surface area contributed by atoms with Gasteiger partial charge in [0.25, 0.3) is 5.56 Å². The number of aliphatic carboxylic acids is 1. The molecular formula is C16H17N3O5. The molecule has 3 N–H and O–H groups in total. The van der Waals surface area contributed by atoms with Gasteiger partial charge in [-0.1, -0.05) is 30.3 Å². The SMILES string of the molecule is O=C(O)CCC(NC(=O)Cn1ccc(=O)[nH]c1=O)c1ccccc1. The van der Waals surface area contributed by atoms with Crippen LogP contribution in [0.2, 0.25) is 0 Å². The minimum atomic E-state index is -0.956. The highest BCUT2D eigenvalue weighted by molar-refractivity contribution is 5.76. The van der Waals surface area contributed by atoms with Crippen molar-refractivity contribution < 1.29 is 14.7 Å². The summed E-state index contributed by atoms with van der Waals surface area (Å²) in [7, 11) is 0. The van der Waals surface area contributed by atoms with Crippen LogP contribution in [-0.4, -0.2) is 26.5 Å². The van der Waals surface area contributed by atoms with Crippen molar-refractivity contribution in [3.63, 3.8) is 0 Å². The van der Waals surface area contributed by atoms with Crippen LogP contribution in [0, 0.1) is 0 Å². The third-order valence-electron chi connectivity index (χ3n) is 3.39. The van der Waals surface area contributed by atoms with Gasteiger partial charge in [0.05, 0.1) is 6.04 Å². The zero-order chi connectivity index (χ0) is 17.5. The third-order valence-corrected chi connectivity index (χ3v) is 3.39. The number of carbonyl (C=O) groups excluding carboxylic acids is 1. The van der Waals surface area contributed by atoms with Crippen LogP contribution in [-0.2, 0) is 16.1 Å². The summed E-state index contributed by atoms with van der Waals surface area (Å²) >= 11 is 0. The molecule has 1 aromatic heterocycles. The second kappa shape index (κ2) is 7.91. The molecule has 126 valence electrons. The Balaban J connectivity index is 2.10. The van der Waals surface area contributed by atoms with Crippen LogP contribution in [0.4, 0.5) is 0 Å². The summed E-state index contributed by atoms with van der Waals surface area (Å²) in [4.78, 5) is 47.6. The maximum absolute atomic E-state index is 12.2. The van der Waals surface area contributed by atoms with Crippen LogP contribution < -0.4 is 16.6 Å². The van der Waals surface area contributed by atoms with E-state index in [0.717, 1.165) is 16.2 Å². The Labute approximate surface area is 136 Å². The second-order valence-corrected chi connectivity index (χ2v) is 5.20. The van der Waals surface area contributed by atoms with Gasteiger partial charge in [0.2, 0.25) is 5.91 Å². The molecule has 0 radical (unpaired) electrons. The summed E-state index contributed by atoms with van der Waals surface area (Å²) in [5.74, 6) is -1.41. The maximum atomic E-state index is 12.2. The monoisotopic (exact) mass is 331 g/mol. The quantitative estimate of drug-likeness (QED) is 0.672. The van der Waals surface area contributed by atoms with Crippen LogP contribution in [0.3, 0.4) is 0 Å². The Kier molecular flexibility index (Phi) is 5.67. The van der Waals surface area contributed by atoms with E-state index in [1.165, 1.54) is 6.20 Å². The fraction of sp³-hybridized carbons (Fsp3) is 0.250. The second-order valence-electron chi connectivity index (χ2n) is 5.20. The Morgan fingerprint density at radius 3 is 2.50 bits per heavy atom. The van der Waals surface area contributed by atoms with Gasteiger partial charge < -0.3 is 10.4 Å². The van der Waals surface area contributed by atoms with Gasteiger partial charge in [-0.15, -0.1) is 0 Å². The number of hydrogen-bond acceptors (Lipinski definition) is 4. The number of carboxylic acids is 1. The van der Waals surface area contributed by atoms with Crippen LogP contribution >= 0.6 is 0 Å². The smallest absolute Gasteiger partial charge is 0.328 e. The van der Waals surface area contributed by atoms with Crippen molar-refractivity contribution in [1.29, 1.82) is 0 Å². The van der Waals surface area contributed by atoms with E-state index in [2.05, 4.69) is 10.3 Å². The number of benzene rings is 1. The Hall–Kier alpha value is -3.16. The summed E-state index contributed by atoms with van der Waals surface area (Å²) in [6, 6.07) is 9.66. The molecule has 0 spiro atoms. The highest BCUT2D eigenvalue weighted by Gasteiger charge is 2.16. The van der Waals surface area contributed by atoms with Crippen LogP contribution in [0.1, 0.15) is 24.4 Å². The zero-order valence-corrected chi connectivity index (χ0v) is 12.8. The molecule has 0 aliphatic rings. The van der Waals surface area contributed by atoms with Crippen molar-refractivity contribution in [3.8, 4) is 0 Å². The minimum Gasteiger partial charge on any atom is -0.481 e. The van der Waals surface area contributed by atoms with E-state index < -0.39 is 29.2 Å². The van der Waals surface area contributed by atoms with Gasteiger partial charge in [0.1, 0.15) is 6.54 Å². The minimum absolute atomic E-state index is 0.0988. The number of aromatic nitrogens is 2. The van der Waals surface area contributed by atoms with Crippen molar-refractivity contribution in [3.05, 3.63) is 69.0 Å². The third kappa shape index (κ3) is 4.94. The normalized spacial score (nSPS) is 11.7. The Bertz CT molecular complexity index is 825. The molecule has 1 amide bonds. The van der Waals surface area contributed by atoms with E-state index in [0.29, 0.717) is 0 Å². The molecule has 1 heterocycles. The molecule has 0 saturated carbocycles. The maximum Gasteiger partial charge on any atom is 0.328 e. The molecule has 0 fully saturated rings. The number of hydrogen-bond donors (Lipinski definition) is 3. The number of aromatic amines is 1. The summed E-state index contributed by atoms with van der Waals surface area (Å²) in [5, 5.41) is 11.6. The van der Waals surface area contributed by atoms with Crippen molar-refractivity contribution in [2.24, 2.45) is 0 Å². The molecule has 2 aromatic rings. The highest BCUT2D eigenvalue weighted by Crippen LogP contribution is 2.18. The largest absolute Gasteiger partial charge is 0.481 e. The first-order valence-electron chi connectivity index (χ1n) is 7.31. The molecule has 1 atom stereocenters. The first-order valence-corrected chi connectivity index (χ1v) is 7.31. The van der Waals surface area contributed by atoms with Gasteiger partial charge in [-0.3, -0.25) is 23.9 Å². The lowest BCUT2D eigenvalue weighted by atomic mass is 10.0. The number of amides is 1. The van der Waals surface area contributed by atoms with Crippen molar-refractivity contribution in [1.82, 2.24) is 14.9 Å². The first kappa shape index (κ1) is 17.2. The average Bonchev–Trinajstić information content (AvgIpc) is 2.55. The molecule has 8 heteroatoms. The standard InChI is InChI=1S/C16H17N3O5/c20-13-8-9-19(16(24)18-13)10-14(21)17-12(6-7-15(22)23)11-4-2-1-3-5-11/h1-5,8-9,12H,6-7,10H2,(H,17,21)(H,22,23)(H,18,20,24). The van der Waals surface area contributed by atoms with Gasteiger partial charge in [-0.05, 0) is 12.0 Å². The highest BCUT2D eigenvalue weighted by atomic mass is 16.4. The van der Waals surface area contributed by atoms with Gasteiger partial charge in [-0.25, -0.2) is 4.79 Å². The van der Waals surface area contributed by atoms with Crippen molar-refractivity contribution >= 4 is 11.9 Å². The van der Waals surface area contributed by atoms with Gasteiger partial charge in [-0.2, -0.15) is 0 Å². The van der Waals surface area contributed by atoms with E-state index in [-0.39, 0.29) is 19.4 Å². The molecule has 1 unspecified atom stereocenters. The molecule has 8 nitrogen and oxygen atoms in total. The molecule has 0 saturated heterocycles. The predicted molar refractivity (Wildman–Crippen MR) is 85.5 cm³/mol. The van der Waals surface area contributed by atoms with E-state index in [1.807, 2.05) is 6.07 Å². The molecule has 2 rings (SSSR count). The molecule has 0 bridgehead atoms. The molecular weight excluding hydrogens is 314 g/mol. The topological polar surface area (TPSA) is 121 Å². The molecule has 0 aliphatic carbocycles. The lowest BCUT2D eigenvalue weighted by Crippen LogP contribution is -2.37. The zero-order valence-electron chi connectivity index (χ0n) is 12.8. The van der Waals surface area contributed by atoms with Crippen LogP contribution in [0.25, 0.3) is 0 Å². The molecule has 1 aromatic carbocycles. The number of rotatable bonds is 7. The summed E-state index contributed by atoms with van der Waals surface area (Å²) in [6.07, 6.45) is 1.36. The number of carbonyl (C=O) groups is 2. The molecule has 24 heavy (non-hydrogen) atoms. The fourth-order valence-corrected chi connectivity index (χ4v) is 2.24. The van der Waals surface area contributed by atoms with E-state index >= 15 is 0 Å². The van der Waals surface area contributed by atoms with E-state index in [9.17, 15) is 19.2 Å². The summed E-state index contributed by atoms with van der Waals surface area (Å²) in [6.45, 7) is -0.272. The average molecular weight is 331 g/mol. The van der Waals surface area contributed by atoms with Gasteiger partial charge >= 0.3 is 11.7 Å². The Morgan fingerprint density at radius 1 is 1.17 bits per heavy atom. The number of carboxylic acid groups (broad SMARTS) is 1. The lowest BCUT2D eigenvalue weighted by Gasteiger charge is -2.19. The Morgan fingerprint density at radius 2 is 1.88 bits per heavy atom. The van der Waals surface area contributed by atoms with E-state index in [4.69, 9.17) is 5.11 Å². The summed E-state index contributed by atoms with van der Waals surface area (Å²) < 4.78 is 1.07. The fourth-order valence-electron chi connectivity index (χ4n) is 2.24. The van der Waals surface area contributed by atoms with Crippen molar-refractivity contribution in [2.45, 2.75) is 25.4 Å².